The molecule has 0 spiro atoms. The third kappa shape index (κ3) is 9.03. The summed E-state index contributed by atoms with van der Waals surface area (Å²) in [6.45, 7) is 21.9. The number of fused-ring (bicyclic) bond motifs is 1. The van der Waals surface area contributed by atoms with Crippen LogP contribution in [-0.2, 0) is 23.9 Å². The second-order valence-electron chi connectivity index (χ2n) is 11.8. The molecule has 10 atom stereocenters. The normalized spacial score (nSPS) is 26.0. The van der Waals surface area contributed by atoms with Gasteiger partial charge in [-0.25, -0.2) is 4.79 Å². The molecule has 2 fully saturated rings. The third-order valence-electron chi connectivity index (χ3n) is 9.65. The van der Waals surface area contributed by atoms with Crippen molar-refractivity contribution in [2.75, 3.05) is 14.2 Å². The highest BCUT2D eigenvalue weighted by atomic mass is 16.5. The Kier molecular flexibility index (Phi) is 15.8. The molecule has 2 N–H and O–H groups in total. The van der Waals surface area contributed by atoms with Crippen molar-refractivity contribution in [3.8, 4) is 0 Å². The first-order valence-electron chi connectivity index (χ1n) is 15.7. The summed E-state index contributed by atoms with van der Waals surface area (Å²) in [6, 6.07) is -1.22. The van der Waals surface area contributed by atoms with Gasteiger partial charge in [-0.05, 0) is 49.5 Å². The first-order chi connectivity index (χ1) is 19.9. The molecule has 1 aliphatic carbocycles. The molecule has 0 radical (unpaired) electrons. The second-order valence-corrected chi connectivity index (χ2v) is 11.8. The van der Waals surface area contributed by atoms with E-state index in [0.29, 0.717) is 17.8 Å². The number of carboxylic acid groups (broad SMARTS) is 1. The molecule has 0 aromatic heterocycles. The van der Waals surface area contributed by atoms with Crippen LogP contribution in [0, 0.1) is 29.6 Å². The van der Waals surface area contributed by atoms with Crippen LogP contribution in [0.2, 0.25) is 0 Å². The van der Waals surface area contributed by atoms with Gasteiger partial charge in [0.2, 0.25) is 11.8 Å². The fraction of sp³-hybridized carbons (Fsp3) is 0.735. The topological polar surface area (TPSA) is 105 Å². The first-order valence-corrected chi connectivity index (χ1v) is 15.7. The molecule has 0 aromatic carbocycles. The first kappa shape index (κ1) is 37.6. The number of aliphatic carboxylic acids is 1. The van der Waals surface area contributed by atoms with E-state index in [-0.39, 0.29) is 42.9 Å². The van der Waals surface area contributed by atoms with Crippen molar-refractivity contribution in [1.29, 1.82) is 0 Å². The number of amides is 2. The Morgan fingerprint density at radius 2 is 1.74 bits per heavy atom. The summed E-state index contributed by atoms with van der Waals surface area (Å²) >= 11 is 0. The minimum atomic E-state index is -1.11. The van der Waals surface area contributed by atoms with Crippen molar-refractivity contribution in [2.45, 2.75) is 118 Å². The lowest BCUT2D eigenvalue weighted by Gasteiger charge is -2.38. The Morgan fingerprint density at radius 1 is 1.12 bits per heavy atom. The molecule has 0 bridgehead atoms. The molecule has 2 aliphatic rings. The van der Waals surface area contributed by atoms with Crippen molar-refractivity contribution in [1.82, 2.24) is 10.2 Å². The maximum Gasteiger partial charge on any atom is 0.326 e. The van der Waals surface area contributed by atoms with Crippen molar-refractivity contribution in [3.63, 3.8) is 0 Å². The molecular weight excluding hydrogens is 532 g/mol. The predicted octanol–water partition coefficient (Wildman–Crippen LogP) is 6.02. The molecule has 1 aliphatic heterocycles. The van der Waals surface area contributed by atoms with Gasteiger partial charge >= 0.3 is 5.97 Å². The SMILES string of the molecule is C=C/C=C(CC(NC(=O)C(C)C(OC)C1CC2C(C)C2N1C(=O)CC(OC)C(C)C(C)CC)C(=O)O)\C(C)=C/C.CC. The van der Waals surface area contributed by atoms with Gasteiger partial charge in [0.05, 0.1) is 30.6 Å². The van der Waals surface area contributed by atoms with E-state index in [9.17, 15) is 19.5 Å². The van der Waals surface area contributed by atoms with Crippen LogP contribution >= 0.6 is 0 Å². The highest BCUT2D eigenvalue weighted by molar-refractivity contribution is 5.86. The van der Waals surface area contributed by atoms with E-state index in [1.165, 1.54) is 0 Å². The number of carboxylic acids is 1. The zero-order chi connectivity index (χ0) is 32.3. The average Bonchev–Trinajstić information content (AvgIpc) is 3.41. The summed E-state index contributed by atoms with van der Waals surface area (Å²) in [7, 11) is 3.22. The van der Waals surface area contributed by atoms with Gasteiger partial charge in [0.25, 0.3) is 0 Å². The molecule has 1 saturated carbocycles. The maximum absolute atomic E-state index is 13.8. The molecule has 1 saturated heterocycles. The molecule has 42 heavy (non-hydrogen) atoms. The van der Waals surface area contributed by atoms with Gasteiger partial charge < -0.3 is 24.8 Å². The minimum Gasteiger partial charge on any atom is -0.480 e. The zero-order valence-electron chi connectivity index (χ0n) is 28.0. The van der Waals surface area contributed by atoms with E-state index in [0.717, 1.165) is 24.0 Å². The number of rotatable bonds is 16. The van der Waals surface area contributed by atoms with E-state index < -0.39 is 29.9 Å². The summed E-state index contributed by atoms with van der Waals surface area (Å²) in [5, 5.41) is 12.6. The maximum atomic E-state index is 13.8. The van der Waals surface area contributed by atoms with Crippen molar-refractivity contribution in [3.05, 3.63) is 36.0 Å². The van der Waals surface area contributed by atoms with E-state index in [1.54, 1.807) is 33.3 Å². The number of hydrogen-bond donors (Lipinski definition) is 2. The zero-order valence-corrected chi connectivity index (χ0v) is 28.0. The number of carbonyl (C=O) groups excluding carboxylic acids is 2. The lowest BCUT2D eigenvalue weighted by atomic mass is 9.86. The Bertz CT molecular complexity index is 975. The smallest absolute Gasteiger partial charge is 0.326 e. The number of allylic oxidation sites excluding steroid dienone is 4. The van der Waals surface area contributed by atoms with Gasteiger partial charge in [-0.3, -0.25) is 9.59 Å². The van der Waals surface area contributed by atoms with Crippen LogP contribution < -0.4 is 5.32 Å². The molecule has 2 amide bonds. The lowest BCUT2D eigenvalue weighted by Crippen LogP contribution is -2.53. The van der Waals surface area contributed by atoms with Gasteiger partial charge in [-0.1, -0.05) is 85.3 Å². The number of likely N-dealkylation sites (tertiary alicyclic amines) is 1. The molecular formula is C34H58N2O6. The third-order valence-corrected chi connectivity index (χ3v) is 9.65. The van der Waals surface area contributed by atoms with Crippen LogP contribution in [0.15, 0.2) is 36.0 Å². The fourth-order valence-corrected chi connectivity index (χ4v) is 6.35. The van der Waals surface area contributed by atoms with E-state index >= 15 is 0 Å². The summed E-state index contributed by atoms with van der Waals surface area (Å²) in [5.41, 5.74) is 1.72. The Hall–Kier alpha value is -2.45. The van der Waals surface area contributed by atoms with Gasteiger partial charge in [-0.2, -0.15) is 0 Å². The molecule has 240 valence electrons. The monoisotopic (exact) mass is 590 g/mol. The van der Waals surface area contributed by atoms with Gasteiger partial charge in [0, 0.05) is 26.7 Å². The number of ether oxygens (including phenoxy) is 2. The largest absolute Gasteiger partial charge is 0.480 e. The highest BCUT2D eigenvalue weighted by Crippen LogP contribution is 2.54. The van der Waals surface area contributed by atoms with E-state index in [1.807, 2.05) is 38.7 Å². The number of carbonyl (C=O) groups is 3. The average molecular weight is 591 g/mol. The Morgan fingerprint density at radius 3 is 2.21 bits per heavy atom. The molecule has 8 nitrogen and oxygen atoms in total. The van der Waals surface area contributed by atoms with E-state index in [4.69, 9.17) is 9.47 Å². The number of nitrogens with zero attached hydrogens (tertiary/aromatic N) is 1. The number of methoxy groups -OCH3 is 2. The van der Waals surface area contributed by atoms with Crippen LogP contribution in [0.5, 0.6) is 0 Å². The fourth-order valence-electron chi connectivity index (χ4n) is 6.35. The summed E-state index contributed by atoms with van der Waals surface area (Å²) in [4.78, 5) is 41.2. The molecule has 1 heterocycles. The van der Waals surface area contributed by atoms with Crippen LogP contribution in [0.25, 0.3) is 0 Å². The van der Waals surface area contributed by atoms with Gasteiger partial charge in [0.1, 0.15) is 6.04 Å². The molecule has 0 aromatic rings. The standard InChI is InChI=1S/C32H52N2O6.C2H6/c1-11-14-23(19(5)13-3)15-25(32(37)38)33-31(36)22(8)30(40-10)26-16-24-21(7)29(24)34(26)28(35)17-27(39-9)20(6)18(4)12-2;1-2/h11,13-14,18,20-22,24-27,29-30H,1,12,15-17H2,2-10H3,(H,33,36)(H,37,38);1-2H3/b19-13-,23-14-;. The molecule has 2 rings (SSSR count). The predicted molar refractivity (Wildman–Crippen MR) is 169 cm³/mol. The van der Waals surface area contributed by atoms with Crippen LogP contribution in [0.4, 0.5) is 0 Å². The molecule has 8 heteroatoms. The second kappa shape index (κ2) is 17.6. The minimum absolute atomic E-state index is 0.0305. The molecule has 10 unspecified atom stereocenters. The quantitative estimate of drug-likeness (QED) is 0.213. The Labute approximate surface area is 255 Å². The van der Waals surface area contributed by atoms with Crippen molar-refractivity contribution >= 4 is 17.8 Å². The van der Waals surface area contributed by atoms with Crippen LogP contribution in [0.1, 0.15) is 88.0 Å². The summed E-state index contributed by atoms with van der Waals surface area (Å²) < 4.78 is 11.7. The van der Waals surface area contributed by atoms with Gasteiger partial charge in [0.15, 0.2) is 0 Å². The van der Waals surface area contributed by atoms with Crippen molar-refractivity contribution < 1.29 is 29.0 Å². The van der Waals surface area contributed by atoms with Crippen LogP contribution in [0.3, 0.4) is 0 Å². The van der Waals surface area contributed by atoms with Crippen LogP contribution in [-0.4, -0.2) is 72.3 Å². The summed E-state index contributed by atoms with van der Waals surface area (Å²) in [5.74, 6) is -0.688. The number of nitrogens with one attached hydrogen (secondary N) is 1. The number of piperidine rings is 1. The van der Waals surface area contributed by atoms with E-state index in [2.05, 4.69) is 39.6 Å². The van der Waals surface area contributed by atoms with Crippen molar-refractivity contribution in [2.24, 2.45) is 29.6 Å². The van der Waals surface area contributed by atoms with Gasteiger partial charge in [-0.15, -0.1) is 0 Å². The summed E-state index contributed by atoms with van der Waals surface area (Å²) in [6.07, 6.45) is 6.73. The highest BCUT2D eigenvalue weighted by Gasteiger charge is 2.62. The number of hydrogen-bond acceptors (Lipinski definition) is 5. The Balaban J connectivity index is 0.00000431. The lowest BCUT2D eigenvalue weighted by molar-refractivity contribution is -0.146.